The first kappa shape index (κ1) is 13.4. The van der Waals surface area contributed by atoms with Crippen LogP contribution in [0.15, 0.2) is 30.3 Å². The van der Waals surface area contributed by atoms with E-state index in [0.717, 1.165) is 25.4 Å². The normalized spacial score (nSPS) is 17.8. The highest BCUT2D eigenvalue weighted by Gasteiger charge is 2.31. The van der Waals surface area contributed by atoms with Gasteiger partial charge in [0, 0.05) is 13.1 Å². The second-order valence-corrected chi connectivity index (χ2v) is 5.40. The average Bonchev–Trinajstić information content (AvgIpc) is 2.89. The molecule has 0 spiro atoms. The summed E-state index contributed by atoms with van der Waals surface area (Å²) in [6.45, 7) is 5.18. The topological polar surface area (TPSA) is 21.3 Å². The Bertz CT molecular complexity index is 330. The second kappa shape index (κ2) is 6.79. The summed E-state index contributed by atoms with van der Waals surface area (Å²) < 4.78 is 5.67. The zero-order valence-corrected chi connectivity index (χ0v) is 11.5. The first-order valence-corrected chi connectivity index (χ1v) is 7.23. The van der Waals surface area contributed by atoms with E-state index in [2.05, 4.69) is 12.2 Å². The van der Waals surface area contributed by atoms with Gasteiger partial charge in [0.1, 0.15) is 12.4 Å². The molecule has 0 atom stereocenters. The van der Waals surface area contributed by atoms with E-state index in [1.54, 1.807) is 0 Å². The van der Waals surface area contributed by atoms with Crippen LogP contribution < -0.4 is 10.1 Å². The second-order valence-electron chi connectivity index (χ2n) is 5.40. The van der Waals surface area contributed by atoms with Crippen molar-refractivity contribution in [2.75, 3.05) is 19.7 Å². The van der Waals surface area contributed by atoms with E-state index in [4.69, 9.17) is 4.74 Å². The molecule has 0 aromatic heterocycles. The predicted molar refractivity (Wildman–Crippen MR) is 76.0 cm³/mol. The summed E-state index contributed by atoms with van der Waals surface area (Å²) >= 11 is 0. The maximum Gasteiger partial charge on any atom is 0.119 e. The van der Waals surface area contributed by atoms with E-state index in [1.807, 2.05) is 30.3 Å². The fourth-order valence-corrected chi connectivity index (χ4v) is 2.89. The van der Waals surface area contributed by atoms with Gasteiger partial charge in [0.05, 0.1) is 0 Å². The lowest BCUT2D eigenvalue weighted by Gasteiger charge is -2.27. The highest BCUT2D eigenvalue weighted by molar-refractivity contribution is 5.20. The van der Waals surface area contributed by atoms with Gasteiger partial charge in [-0.25, -0.2) is 0 Å². The van der Waals surface area contributed by atoms with E-state index in [1.165, 1.54) is 32.1 Å². The lowest BCUT2D eigenvalue weighted by molar-refractivity contribution is 0.251. The van der Waals surface area contributed by atoms with Crippen molar-refractivity contribution in [1.82, 2.24) is 5.32 Å². The molecule has 2 heteroatoms. The minimum Gasteiger partial charge on any atom is -0.492 e. The first-order valence-electron chi connectivity index (χ1n) is 7.23. The van der Waals surface area contributed by atoms with E-state index >= 15 is 0 Å². The molecule has 1 aromatic rings. The minimum absolute atomic E-state index is 0.576. The van der Waals surface area contributed by atoms with Crippen molar-refractivity contribution in [2.45, 2.75) is 39.0 Å². The molecule has 2 rings (SSSR count). The van der Waals surface area contributed by atoms with Crippen molar-refractivity contribution in [1.29, 1.82) is 0 Å². The minimum atomic E-state index is 0.576. The Hall–Kier alpha value is -1.02. The third-order valence-electron chi connectivity index (χ3n) is 4.20. The third kappa shape index (κ3) is 3.74. The van der Waals surface area contributed by atoms with Gasteiger partial charge in [-0.3, -0.25) is 0 Å². The van der Waals surface area contributed by atoms with Crippen molar-refractivity contribution < 1.29 is 4.74 Å². The van der Waals surface area contributed by atoms with Crippen LogP contribution in [-0.4, -0.2) is 19.7 Å². The summed E-state index contributed by atoms with van der Waals surface area (Å²) in [6.07, 6.45) is 6.93. The molecule has 1 aliphatic carbocycles. The maximum absolute atomic E-state index is 5.67. The number of rotatable bonds is 7. The largest absolute Gasteiger partial charge is 0.492 e. The number of benzene rings is 1. The molecule has 2 nitrogen and oxygen atoms in total. The van der Waals surface area contributed by atoms with Crippen molar-refractivity contribution in [3.05, 3.63) is 30.3 Å². The van der Waals surface area contributed by atoms with Crippen LogP contribution in [0.4, 0.5) is 0 Å². The zero-order valence-electron chi connectivity index (χ0n) is 11.5. The third-order valence-corrected chi connectivity index (χ3v) is 4.20. The lowest BCUT2D eigenvalue weighted by atomic mass is 9.83. The van der Waals surface area contributed by atoms with E-state index in [0.29, 0.717) is 5.41 Å². The summed E-state index contributed by atoms with van der Waals surface area (Å²) in [5.41, 5.74) is 0.576. The highest BCUT2D eigenvalue weighted by atomic mass is 16.5. The van der Waals surface area contributed by atoms with Crippen molar-refractivity contribution in [3.8, 4) is 5.75 Å². The van der Waals surface area contributed by atoms with Gasteiger partial charge in [-0.15, -0.1) is 0 Å². The molecule has 18 heavy (non-hydrogen) atoms. The van der Waals surface area contributed by atoms with Gasteiger partial charge >= 0.3 is 0 Å². The molecule has 100 valence electrons. The molecule has 1 aliphatic rings. The zero-order chi connectivity index (χ0) is 12.7. The van der Waals surface area contributed by atoms with Crippen LogP contribution in [0, 0.1) is 5.41 Å². The average molecular weight is 247 g/mol. The van der Waals surface area contributed by atoms with E-state index < -0.39 is 0 Å². The molecule has 0 aliphatic heterocycles. The number of ether oxygens (including phenoxy) is 1. The molecule has 0 amide bonds. The molecule has 1 saturated carbocycles. The molecule has 0 saturated heterocycles. The fourth-order valence-electron chi connectivity index (χ4n) is 2.89. The van der Waals surface area contributed by atoms with Crippen LogP contribution in [-0.2, 0) is 0 Å². The van der Waals surface area contributed by atoms with Crippen LogP contribution in [0.25, 0.3) is 0 Å². The van der Waals surface area contributed by atoms with Crippen molar-refractivity contribution in [2.24, 2.45) is 5.41 Å². The summed E-state index contributed by atoms with van der Waals surface area (Å²) in [7, 11) is 0. The highest BCUT2D eigenvalue weighted by Crippen LogP contribution is 2.40. The monoisotopic (exact) mass is 247 g/mol. The summed E-state index contributed by atoms with van der Waals surface area (Å²) in [5, 5.41) is 3.56. The summed E-state index contributed by atoms with van der Waals surface area (Å²) in [5.74, 6) is 0.963. The van der Waals surface area contributed by atoms with Gasteiger partial charge in [-0.05, 0) is 36.8 Å². The number of nitrogens with one attached hydrogen (secondary N) is 1. The molecule has 0 unspecified atom stereocenters. The molecule has 0 bridgehead atoms. The van der Waals surface area contributed by atoms with Crippen molar-refractivity contribution >= 4 is 0 Å². The Morgan fingerprint density at radius 3 is 2.56 bits per heavy atom. The summed E-state index contributed by atoms with van der Waals surface area (Å²) in [4.78, 5) is 0. The lowest BCUT2D eigenvalue weighted by Crippen LogP contribution is -2.33. The number of para-hydroxylation sites is 1. The quantitative estimate of drug-likeness (QED) is 0.743. The van der Waals surface area contributed by atoms with Gasteiger partial charge < -0.3 is 10.1 Å². The molecule has 0 radical (unpaired) electrons. The Balaban J connectivity index is 1.61. The molecule has 0 heterocycles. The fraction of sp³-hybridized carbons (Fsp3) is 0.625. The first-order chi connectivity index (χ1) is 8.85. The van der Waals surface area contributed by atoms with E-state index in [-0.39, 0.29) is 0 Å². The summed E-state index contributed by atoms with van der Waals surface area (Å²) in [6, 6.07) is 10.0. The Morgan fingerprint density at radius 1 is 1.17 bits per heavy atom. The number of hydrogen-bond donors (Lipinski definition) is 1. The van der Waals surface area contributed by atoms with Gasteiger partial charge in [0.25, 0.3) is 0 Å². The molecular weight excluding hydrogens is 222 g/mol. The van der Waals surface area contributed by atoms with Crippen LogP contribution in [0.1, 0.15) is 39.0 Å². The Labute approximate surface area is 111 Å². The van der Waals surface area contributed by atoms with Gasteiger partial charge in [-0.1, -0.05) is 38.0 Å². The van der Waals surface area contributed by atoms with E-state index in [9.17, 15) is 0 Å². The molecule has 1 aromatic carbocycles. The van der Waals surface area contributed by atoms with Gasteiger partial charge in [-0.2, -0.15) is 0 Å². The number of hydrogen-bond acceptors (Lipinski definition) is 2. The van der Waals surface area contributed by atoms with Crippen LogP contribution in [0.3, 0.4) is 0 Å². The smallest absolute Gasteiger partial charge is 0.119 e. The molecule has 1 N–H and O–H groups in total. The molecular formula is C16H25NO. The predicted octanol–water partition coefficient (Wildman–Crippen LogP) is 3.63. The maximum atomic E-state index is 5.67. The van der Waals surface area contributed by atoms with Crippen LogP contribution >= 0.6 is 0 Å². The van der Waals surface area contributed by atoms with Gasteiger partial charge in [0.15, 0.2) is 0 Å². The Morgan fingerprint density at radius 2 is 1.89 bits per heavy atom. The molecule has 1 fully saturated rings. The van der Waals surface area contributed by atoms with Crippen molar-refractivity contribution in [3.63, 3.8) is 0 Å². The van der Waals surface area contributed by atoms with Crippen LogP contribution in [0.5, 0.6) is 5.75 Å². The van der Waals surface area contributed by atoms with Crippen LogP contribution in [0.2, 0.25) is 0 Å². The standard InChI is InChI=1S/C16H25NO/c1-2-16(10-6-7-11-16)14-17-12-13-18-15-8-4-3-5-9-15/h3-5,8-9,17H,2,6-7,10-14H2,1H3. The SMILES string of the molecule is CCC1(CNCCOc2ccccc2)CCCC1. The Kier molecular flexibility index (Phi) is 5.06. The van der Waals surface area contributed by atoms with Gasteiger partial charge in [0.2, 0.25) is 0 Å².